The molecule has 2 aromatic rings. The van der Waals surface area contributed by atoms with Crippen molar-refractivity contribution in [3.05, 3.63) is 59.2 Å². The fraction of sp³-hybridized carbons (Fsp3) is 0.350. The number of amides is 1. The van der Waals surface area contributed by atoms with Gasteiger partial charge in [-0.1, -0.05) is 19.1 Å². The van der Waals surface area contributed by atoms with E-state index in [4.69, 9.17) is 4.74 Å². The smallest absolute Gasteiger partial charge is 0.251 e. The van der Waals surface area contributed by atoms with Crippen LogP contribution in [-0.4, -0.2) is 27.2 Å². The first-order valence-corrected chi connectivity index (χ1v) is 10.5. The standard InChI is InChI=1S/C20H26N2O4S/c1-5-18(16-9-12-19(26-4)14(3)13-16)21-20(23)15-7-10-17(11-8-15)22-27(24,25)6-2/h7-13,18,22H,5-6H2,1-4H3,(H,21,23)/t18-/m0/s1. The molecule has 0 saturated heterocycles. The number of anilines is 1. The predicted molar refractivity (Wildman–Crippen MR) is 108 cm³/mol. The number of carbonyl (C=O) groups is 1. The van der Waals surface area contributed by atoms with E-state index in [1.165, 1.54) is 0 Å². The van der Waals surface area contributed by atoms with Crippen LogP contribution in [0.15, 0.2) is 42.5 Å². The Morgan fingerprint density at radius 1 is 1.11 bits per heavy atom. The molecule has 6 nitrogen and oxygen atoms in total. The van der Waals surface area contributed by atoms with Gasteiger partial charge in [0.15, 0.2) is 0 Å². The molecule has 146 valence electrons. The summed E-state index contributed by atoms with van der Waals surface area (Å²) in [6, 6.07) is 12.1. The summed E-state index contributed by atoms with van der Waals surface area (Å²) in [6.07, 6.45) is 0.742. The van der Waals surface area contributed by atoms with Crippen molar-refractivity contribution in [3.8, 4) is 5.75 Å². The maximum atomic E-state index is 12.6. The number of carbonyl (C=O) groups excluding carboxylic acids is 1. The molecule has 0 aliphatic rings. The largest absolute Gasteiger partial charge is 0.496 e. The van der Waals surface area contributed by atoms with Crippen molar-refractivity contribution in [2.45, 2.75) is 33.2 Å². The van der Waals surface area contributed by atoms with Gasteiger partial charge in [0.1, 0.15) is 5.75 Å². The van der Waals surface area contributed by atoms with Crippen molar-refractivity contribution in [2.75, 3.05) is 17.6 Å². The quantitative estimate of drug-likeness (QED) is 0.721. The normalized spacial score (nSPS) is 12.3. The minimum absolute atomic E-state index is 0.00526. The average Bonchev–Trinajstić information content (AvgIpc) is 2.66. The highest BCUT2D eigenvalue weighted by Gasteiger charge is 2.15. The van der Waals surface area contributed by atoms with Gasteiger partial charge >= 0.3 is 0 Å². The Hall–Kier alpha value is -2.54. The third-order valence-electron chi connectivity index (χ3n) is 4.34. The molecule has 0 radical (unpaired) electrons. The molecule has 0 aliphatic carbocycles. The van der Waals surface area contributed by atoms with Crippen LogP contribution in [0.3, 0.4) is 0 Å². The molecule has 2 N–H and O–H groups in total. The topological polar surface area (TPSA) is 84.5 Å². The molecule has 2 aromatic carbocycles. The lowest BCUT2D eigenvalue weighted by Gasteiger charge is -2.19. The lowest BCUT2D eigenvalue weighted by molar-refractivity contribution is 0.0935. The Kier molecular flexibility index (Phi) is 6.85. The lowest BCUT2D eigenvalue weighted by Crippen LogP contribution is -2.28. The Balaban J connectivity index is 2.11. The van der Waals surface area contributed by atoms with Crippen LogP contribution in [0.2, 0.25) is 0 Å². The highest BCUT2D eigenvalue weighted by molar-refractivity contribution is 7.92. The van der Waals surface area contributed by atoms with Crippen LogP contribution < -0.4 is 14.8 Å². The third-order valence-corrected chi connectivity index (χ3v) is 5.64. The van der Waals surface area contributed by atoms with Gasteiger partial charge in [0.2, 0.25) is 10.0 Å². The van der Waals surface area contributed by atoms with Crippen LogP contribution in [0.5, 0.6) is 5.75 Å². The van der Waals surface area contributed by atoms with Crippen LogP contribution in [-0.2, 0) is 10.0 Å². The molecule has 0 spiro atoms. The first-order chi connectivity index (χ1) is 12.8. The number of sulfonamides is 1. The summed E-state index contributed by atoms with van der Waals surface area (Å²) in [4.78, 5) is 12.6. The van der Waals surface area contributed by atoms with Crippen LogP contribution >= 0.6 is 0 Å². The maximum absolute atomic E-state index is 12.6. The number of nitrogens with one attached hydrogen (secondary N) is 2. The Labute approximate surface area is 161 Å². The number of hydrogen-bond acceptors (Lipinski definition) is 4. The molecule has 0 heterocycles. The fourth-order valence-corrected chi connectivity index (χ4v) is 3.36. The molecule has 0 saturated carbocycles. The van der Waals surface area contributed by atoms with Crippen molar-refractivity contribution < 1.29 is 17.9 Å². The fourth-order valence-electron chi connectivity index (χ4n) is 2.72. The van der Waals surface area contributed by atoms with Gasteiger partial charge < -0.3 is 10.1 Å². The summed E-state index contributed by atoms with van der Waals surface area (Å²) in [5.41, 5.74) is 2.93. The summed E-state index contributed by atoms with van der Waals surface area (Å²) in [6.45, 7) is 5.54. The van der Waals surface area contributed by atoms with E-state index in [-0.39, 0.29) is 17.7 Å². The van der Waals surface area contributed by atoms with Crippen LogP contribution in [0, 0.1) is 6.92 Å². The van der Waals surface area contributed by atoms with Crippen molar-refractivity contribution >= 4 is 21.6 Å². The molecule has 0 aromatic heterocycles. The van der Waals surface area contributed by atoms with Crippen molar-refractivity contribution in [2.24, 2.45) is 0 Å². The summed E-state index contributed by atoms with van der Waals surface area (Å²) < 4.78 is 30.9. The van der Waals surface area contributed by atoms with E-state index >= 15 is 0 Å². The van der Waals surface area contributed by atoms with Crippen LogP contribution in [0.1, 0.15) is 47.8 Å². The van der Waals surface area contributed by atoms with Crippen LogP contribution in [0.25, 0.3) is 0 Å². The maximum Gasteiger partial charge on any atom is 0.251 e. The van der Waals surface area contributed by atoms with E-state index in [1.54, 1.807) is 38.3 Å². The molecule has 2 rings (SSSR count). The number of methoxy groups -OCH3 is 1. The van der Waals surface area contributed by atoms with E-state index in [9.17, 15) is 13.2 Å². The summed E-state index contributed by atoms with van der Waals surface area (Å²) in [7, 11) is -1.70. The summed E-state index contributed by atoms with van der Waals surface area (Å²) in [5.74, 6) is 0.597. The second kappa shape index (κ2) is 8.90. The minimum Gasteiger partial charge on any atom is -0.496 e. The van der Waals surface area contributed by atoms with Gasteiger partial charge in [-0.3, -0.25) is 9.52 Å². The first kappa shape index (κ1) is 20.8. The van der Waals surface area contributed by atoms with E-state index in [0.29, 0.717) is 11.3 Å². The summed E-state index contributed by atoms with van der Waals surface area (Å²) in [5, 5.41) is 3.02. The molecule has 1 atom stereocenters. The number of aryl methyl sites for hydroxylation is 1. The van der Waals surface area contributed by atoms with E-state index < -0.39 is 10.0 Å². The Morgan fingerprint density at radius 2 is 1.78 bits per heavy atom. The molecule has 7 heteroatoms. The van der Waals surface area contributed by atoms with Gasteiger partial charge in [0.05, 0.1) is 18.9 Å². The van der Waals surface area contributed by atoms with Crippen molar-refractivity contribution in [3.63, 3.8) is 0 Å². The van der Waals surface area contributed by atoms with Crippen LogP contribution in [0.4, 0.5) is 5.69 Å². The molecule has 0 unspecified atom stereocenters. The monoisotopic (exact) mass is 390 g/mol. The van der Waals surface area contributed by atoms with Crippen molar-refractivity contribution in [1.29, 1.82) is 0 Å². The third kappa shape index (κ3) is 5.47. The van der Waals surface area contributed by atoms with Gasteiger partial charge in [0, 0.05) is 11.3 Å². The molecule has 0 aliphatic heterocycles. The van der Waals surface area contributed by atoms with E-state index in [2.05, 4.69) is 10.0 Å². The SMILES string of the molecule is CC[C@H](NC(=O)c1ccc(NS(=O)(=O)CC)cc1)c1ccc(OC)c(C)c1. The molecule has 27 heavy (non-hydrogen) atoms. The molecule has 1 amide bonds. The Bertz CT molecular complexity index is 893. The summed E-state index contributed by atoms with van der Waals surface area (Å²) >= 11 is 0. The molecular weight excluding hydrogens is 364 g/mol. The van der Waals surface area contributed by atoms with Gasteiger partial charge in [-0.2, -0.15) is 0 Å². The van der Waals surface area contributed by atoms with Crippen molar-refractivity contribution in [1.82, 2.24) is 5.32 Å². The number of rotatable bonds is 8. The zero-order chi connectivity index (χ0) is 20.0. The first-order valence-electron chi connectivity index (χ1n) is 8.85. The molecular formula is C20H26N2O4S. The van der Waals surface area contributed by atoms with E-state index in [1.807, 2.05) is 32.0 Å². The van der Waals surface area contributed by atoms with Gasteiger partial charge in [-0.05, 0) is 61.7 Å². The predicted octanol–water partition coefficient (Wildman–Crippen LogP) is 3.65. The van der Waals surface area contributed by atoms with E-state index in [0.717, 1.165) is 23.3 Å². The number of benzene rings is 2. The highest BCUT2D eigenvalue weighted by Crippen LogP contribution is 2.24. The Morgan fingerprint density at radius 3 is 2.30 bits per heavy atom. The highest BCUT2D eigenvalue weighted by atomic mass is 32.2. The molecule has 0 fully saturated rings. The van der Waals surface area contributed by atoms with Gasteiger partial charge in [-0.15, -0.1) is 0 Å². The van der Waals surface area contributed by atoms with Gasteiger partial charge in [0.25, 0.3) is 5.91 Å². The second-order valence-electron chi connectivity index (χ2n) is 6.25. The second-order valence-corrected chi connectivity index (χ2v) is 8.26. The minimum atomic E-state index is -3.34. The lowest BCUT2D eigenvalue weighted by atomic mass is 10.0. The molecule has 0 bridgehead atoms. The zero-order valence-corrected chi connectivity index (χ0v) is 16.9. The zero-order valence-electron chi connectivity index (χ0n) is 16.1. The van der Waals surface area contributed by atoms with Gasteiger partial charge in [-0.25, -0.2) is 8.42 Å². The number of hydrogen-bond donors (Lipinski definition) is 2. The number of ether oxygens (including phenoxy) is 1. The average molecular weight is 391 g/mol.